The van der Waals surface area contributed by atoms with Crippen molar-refractivity contribution in [3.05, 3.63) is 57.8 Å². The van der Waals surface area contributed by atoms with Crippen molar-refractivity contribution in [2.75, 3.05) is 0 Å². The van der Waals surface area contributed by atoms with E-state index < -0.39 is 5.82 Å². The van der Waals surface area contributed by atoms with Crippen LogP contribution in [0.5, 0.6) is 0 Å². The number of rotatable bonds is 2. The number of tetrazole rings is 1. The SMILES string of the molecule is Fc1cc(Cl)c(-n2nnnc2-c2ccccc2)c(Br)c1. The molecule has 0 aliphatic heterocycles. The molecule has 0 saturated heterocycles. The smallest absolute Gasteiger partial charge is 0.187 e. The molecule has 0 atom stereocenters. The van der Waals surface area contributed by atoms with E-state index in [1.165, 1.54) is 16.8 Å². The first-order valence-corrected chi connectivity index (χ1v) is 6.82. The lowest BCUT2D eigenvalue weighted by molar-refractivity contribution is 0.626. The Morgan fingerprint density at radius 2 is 1.90 bits per heavy atom. The van der Waals surface area contributed by atoms with Gasteiger partial charge in [0, 0.05) is 10.0 Å². The Labute approximate surface area is 127 Å². The van der Waals surface area contributed by atoms with Crippen LogP contribution in [0.25, 0.3) is 17.1 Å². The van der Waals surface area contributed by atoms with E-state index >= 15 is 0 Å². The summed E-state index contributed by atoms with van der Waals surface area (Å²) in [4.78, 5) is 0. The minimum Gasteiger partial charge on any atom is -0.207 e. The van der Waals surface area contributed by atoms with Gasteiger partial charge >= 0.3 is 0 Å². The van der Waals surface area contributed by atoms with Crippen molar-refractivity contribution >= 4 is 27.5 Å². The van der Waals surface area contributed by atoms with Crippen molar-refractivity contribution < 1.29 is 4.39 Å². The van der Waals surface area contributed by atoms with Crippen molar-refractivity contribution in [2.24, 2.45) is 0 Å². The first-order valence-electron chi connectivity index (χ1n) is 5.65. The molecule has 1 aromatic heterocycles. The van der Waals surface area contributed by atoms with E-state index in [9.17, 15) is 4.39 Å². The van der Waals surface area contributed by atoms with Gasteiger partial charge < -0.3 is 0 Å². The van der Waals surface area contributed by atoms with Gasteiger partial charge in [0.05, 0.1) is 5.02 Å². The highest BCUT2D eigenvalue weighted by atomic mass is 79.9. The average Bonchev–Trinajstić information content (AvgIpc) is 2.87. The van der Waals surface area contributed by atoms with E-state index in [1.807, 2.05) is 30.3 Å². The zero-order valence-corrected chi connectivity index (χ0v) is 12.3. The summed E-state index contributed by atoms with van der Waals surface area (Å²) in [5, 5.41) is 11.8. The number of nitrogens with zero attached hydrogens (tertiary/aromatic N) is 4. The maximum absolute atomic E-state index is 13.3. The van der Waals surface area contributed by atoms with Crippen LogP contribution in [0.1, 0.15) is 0 Å². The first-order chi connectivity index (χ1) is 9.66. The fourth-order valence-corrected chi connectivity index (χ4v) is 2.84. The standard InChI is InChI=1S/C13H7BrClFN4/c14-10-6-9(16)7-11(15)12(10)20-13(17-18-19-20)8-4-2-1-3-5-8/h1-7H. The fourth-order valence-electron chi connectivity index (χ4n) is 1.84. The van der Waals surface area contributed by atoms with Gasteiger partial charge in [-0.3, -0.25) is 0 Å². The molecular formula is C13H7BrClFN4. The molecule has 0 aliphatic rings. The number of hydrogen-bond acceptors (Lipinski definition) is 3. The molecular weight excluding hydrogens is 347 g/mol. The maximum atomic E-state index is 13.3. The van der Waals surface area contributed by atoms with Crippen LogP contribution in [0.3, 0.4) is 0 Å². The van der Waals surface area contributed by atoms with Crippen molar-refractivity contribution in [1.82, 2.24) is 20.2 Å². The zero-order chi connectivity index (χ0) is 14.1. The Bertz CT molecular complexity index is 737. The van der Waals surface area contributed by atoms with Crippen LogP contribution in [0.2, 0.25) is 5.02 Å². The number of halogens is 3. The predicted octanol–water partition coefficient (Wildman–Crippen LogP) is 3.88. The molecule has 3 rings (SSSR count). The summed E-state index contributed by atoms with van der Waals surface area (Å²) in [5.74, 6) is 0.0970. The first kappa shape index (κ1) is 13.2. The van der Waals surface area contributed by atoms with Gasteiger partial charge in [0.1, 0.15) is 11.5 Å². The van der Waals surface area contributed by atoms with Crippen LogP contribution in [-0.2, 0) is 0 Å². The van der Waals surface area contributed by atoms with Crippen LogP contribution < -0.4 is 0 Å². The predicted molar refractivity (Wildman–Crippen MR) is 77.3 cm³/mol. The third-order valence-electron chi connectivity index (χ3n) is 2.69. The number of hydrogen-bond donors (Lipinski definition) is 0. The normalized spacial score (nSPS) is 10.8. The molecule has 0 amide bonds. The molecule has 100 valence electrons. The summed E-state index contributed by atoms with van der Waals surface area (Å²) in [5.41, 5.74) is 1.33. The van der Waals surface area contributed by atoms with Gasteiger partial charge in [0.15, 0.2) is 5.82 Å². The van der Waals surface area contributed by atoms with Gasteiger partial charge in [-0.15, -0.1) is 5.10 Å². The van der Waals surface area contributed by atoms with E-state index in [-0.39, 0.29) is 5.02 Å². The zero-order valence-electron chi connectivity index (χ0n) is 9.96. The molecule has 2 aromatic carbocycles. The lowest BCUT2D eigenvalue weighted by Crippen LogP contribution is -2.02. The van der Waals surface area contributed by atoms with Gasteiger partial charge in [-0.2, -0.15) is 4.68 Å². The molecule has 7 heteroatoms. The summed E-state index contributed by atoms with van der Waals surface area (Å²) in [6, 6.07) is 12.0. The summed E-state index contributed by atoms with van der Waals surface area (Å²) in [6.45, 7) is 0. The van der Waals surface area contributed by atoms with Gasteiger partial charge in [-0.25, -0.2) is 4.39 Å². The van der Waals surface area contributed by atoms with Gasteiger partial charge in [0.25, 0.3) is 0 Å². The summed E-state index contributed by atoms with van der Waals surface area (Å²) >= 11 is 9.38. The second kappa shape index (κ2) is 5.30. The van der Waals surface area contributed by atoms with Crippen LogP contribution in [0.15, 0.2) is 46.9 Å². The van der Waals surface area contributed by atoms with E-state index in [0.29, 0.717) is 16.0 Å². The highest BCUT2D eigenvalue weighted by molar-refractivity contribution is 9.10. The number of aromatic nitrogens is 4. The summed E-state index contributed by atoms with van der Waals surface area (Å²) in [7, 11) is 0. The van der Waals surface area contributed by atoms with Crippen LogP contribution in [-0.4, -0.2) is 20.2 Å². The van der Waals surface area contributed by atoms with Crippen molar-refractivity contribution in [3.63, 3.8) is 0 Å². The number of benzene rings is 2. The molecule has 4 nitrogen and oxygen atoms in total. The molecule has 0 saturated carbocycles. The Kier molecular flexibility index (Phi) is 3.50. The molecule has 0 aliphatic carbocycles. The largest absolute Gasteiger partial charge is 0.207 e. The molecule has 0 N–H and O–H groups in total. The lowest BCUT2D eigenvalue weighted by atomic mass is 10.2. The molecule has 0 radical (unpaired) electrons. The average molecular weight is 354 g/mol. The molecule has 0 bridgehead atoms. The lowest BCUT2D eigenvalue weighted by Gasteiger charge is -2.09. The molecule has 0 fully saturated rings. The molecule has 1 heterocycles. The van der Waals surface area contributed by atoms with Gasteiger partial charge in [0.2, 0.25) is 0 Å². The summed E-state index contributed by atoms with van der Waals surface area (Å²) < 4.78 is 15.3. The third kappa shape index (κ3) is 2.32. The van der Waals surface area contributed by atoms with E-state index in [4.69, 9.17) is 11.6 Å². The van der Waals surface area contributed by atoms with E-state index in [0.717, 1.165) is 5.56 Å². The fraction of sp³-hybridized carbons (Fsp3) is 0. The molecule has 0 spiro atoms. The third-order valence-corrected chi connectivity index (χ3v) is 3.59. The van der Waals surface area contributed by atoms with Crippen LogP contribution in [0, 0.1) is 5.82 Å². The van der Waals surface area contributed by atoms with Crippen molar-refractivity contribution in [2.45, 2.75) is 0 Å². The second-order valence-corrected chi connectivity index (χ2v) is 5.26. The Morgan fingerprint density at radius 3 is 2.60 bits per heavy atom. The molecule has 3 aromatic rings. The monoisotopic (exact) mass is 352 g/mol. The highest BCUT2D eigenvalue weighted by Gasteiger charge is 2.17. The van der Waals surface area contributed by atoms with Crippen LogP contribution in [0.4, 0.5) is 4.39 Å². The molecule has 20 heavy (non-hydrogen) atoms. The molecule has 0 unspecified atom stereocenters. The van der Waals surface area contributed by atoms with Gasteiger partial charge in [-0.05, 0) is 38.5 Å². The summed E-state index contributed by atoms with van der Waals surface area (Å²) in [6.07, 6.45) is 0. The Balaban J connectivity index is 2.21. The maximum Gasteiger partial charge on any atom is 0.187 e. The van der Waals surface area contributed by atoms with Crippen molar-refractivity contribution in [1.29, 1.82) is 0 Å². The topological polar surface area (TPSA) is 43.6 Å². The minimum absolute atomic E-state index is 0.223. The minimum atomic E-state index is -0.431. The van der Waals surface area contributed by atoms with E-state index in [1.54, 1.807) is 0 Å². The van der Waals surface area contributed by atoms with Crippen molar-refractivity contribution in [3.8, 4) is 17.1 Å². The van der Waals surface area contributed by atoms with Gasteiger partial charge in [-0.1, -0.05) is 41.9 Å². The highest BCUT2D eigenvalue weighted by Crippen LogP contribution is 2.31. The Hall–Kier alpha value is -1.79. The van der Waals surface area contributed by atoms with Crippen LogP contribution >= 0.6 is 27.5 Å². The Morgan fingerprint density at radius 1 is 1.15 bits per heavy atom. The second-order valence-electron chi connectivity index (χ2n) is 4.00. The van der Waals surface area contributed by atoms with E-state index in [2.05, 4.69) is 31.5 Å². The quantitative estimate of drug-likeness (QED) is 0.702.